The van der Waals surface area contributed by atoms with E-state index in [0.29, 0.717) is 24.5 Å². The van der Waals surface area contributed by atoms with Gasteiger partial charge >= 0.3 is 5.97 Å². The zero-order chi connectivity index (χ0) is 16.8. The number of rotatable bonds is 7. The van der Waals surface area contributed by atoms with Gasteiger partial charge in [0.15, 0.2) is 0 Å². The molecule has 0 fully saturated rings. The Bertz CT molecular complexity index is 726. The van der Waals surface area contributed by atoms with E-state index in [1.807, 2.05) is 6.92 Å². The molecule has 122 valence electrons. The molecule has 23 heavy (non-hydrogen) atoms. The van der Waals surface area contributed by atoms with Gasteiger partial charge in [-0.15, -0.1) is 10.2 Å². The Balaban J connectivity index is 2.27. The third-order valence-electron chi connectivity index (χ3n) is 2.72. The Hall–Kier alpha value is -2.48. The van der Waals surface area contributed by atoms with Crippen LogP contribution in [0.25, 0.3) is 6.08 Å². The summed E-state index contributed by atoms with van der Waals surface area (Å²) < 4.78 is 10.5. The molecule has 1 aromatic carbocycles. The Morgan fingerprint density at radius 2 is 2.22 bits per heavy atom. The number of carbonyl (C=O) groups is 1. The molecule has 0 bridgehead atoms. The SMILES string of the molecule is CCOc1cc(/C=C(\Sc2nnc(CC)o2)C(=O)O)ccc1[O-]. The molecule has 0 spiro atoms. The van der Waals surface area contributed by atoms with E-state index in [9.17, 15) is 15.0 Å². The molecule has 1 aromatic heterocycles. The summed E-state index contributed by atoms with van der Waals surface area (Å²) in [4.78, 5) is 11.4. The molecule has 0 aliphatic rings. The summed E-state index contributed by atoms with van der Waals surface area (Å²) in [5.74, 6) is -0.762. The van der Waals surface area contributed by atoms with Crippen molar-refractivity contribution in [2.24, 2.45) is 0 Å². The van der Waals surface area contributed by atoms with Crippen LogP contribution in [0, 0.1) is 0 Å². The molecule has 0 amide bonds. The number of hydrogen-bond donors (Lipinski definition) is 1. The van der Waals surface area contributed by atoms with Crippen LogP contribution in [0.15, 0.2) is 32.7 Å². The highest BCUT2D eigenvalue weighted by Crippen LogP contribution is 2.30. The third-order valence-corrected chi connectivity index (χ3v) is 3.58. The largest absolute Gasteiger partial charge is 0.870 e. The zero-order valence-corrected chi connectivity index (χ0v) is 13.4. The van der Waals surface area contributed by atoms with Gasteiger partial charge in [-0.3, -0.25) is 0 Å². The lowest BCUT2D eigenvalue weighted by Gasteiger charge is -2.14. The molecule has 1 heterocycles. The predicted octanol–water partition coefficient (Wildman–Crippen LogP) is 2.32. The lowest BCUT2D eigenvalue weighted by Crippen LogP contribution is -2.00. The van der Waals surface area contributed by atoms with Gasteiger partial charge in [-0.2, -0.15) is 0 Å². The van der Waals surface area contributed by atoms with Gasteiger partial charge in [-0.05, 0) is 36.4 Å². The van der Waals surface area contributed by atoms with E-state index in [4.69, 9.17) is 9.15 Å². The molecule has 2 aromatic rings. The highest BCUT2D eigenvalue weighted by molar-refractivity contribution is 8.03. The molecule has 1 N–H and O–H groups in total. The number of aryl methyl sites for hydroxylation is 1. The number of benzene rings is 1. The lowest BCUT2D eigenvalue weighted by molar-refractivity contribution is -0.270. The maximum atomic E-state index is 11.6. The number of aromatic nitrogens is 2. The predicted molar refractivity (Wildman–Crippen MR) is 82.2 cm³/mol. The van der Waals surface area contributed by atoms with Crippen LogP contribution in [0.1, 0.15) is 25.3 Å². The van der Waals surface area contributed by atoms with Crippen molar-refractivity contribution in [3.05, 3.63) is 34.6 Å². The van der Waals surface area contributed by atoms with Gasteiger partial charge < -0.3 is 19.4 Å². The Morgan fingerprint density at radius 3 is 2.83 bits per heavy atom. The number of carboxylic acid groups (broad SMARTS) is 1. The summed E-state index contributed by atoms with van der Waals surface area (Å²) >= 11 is 0.854. The minimum absolute atomic E-state index is 0.00241. The van der Waals surface area contributed by atoms with E-state index in [1.165, 1.54) is 24.3 Å². The lowest BCUT2D eigenvalue weighted by atomic mass is 10.2. The van der Waals surface area contributed by atoms with Gasteiger partial charge in [-0.25, -0.2) is 4.79 Å². The average Bonchev–Trinajstić information content (AvgIpc) is 2.97. The standard InChI is InChI=1S/C15H16N2O5S/c1-3-13-16-17-15(22-13)23-12(14(19)20)8-9-5-6-10(18)11(7-9)21-4-2/h5-8,18H,3-4H2,1-2H3,(H,19,20)/p-1/b12-8-. The molecule has 0 saturated carbocycles. The number of aliphatic carboxylic acids is 1. The molecule has 2 rings (SSSR count). The van der Waals surface area contributed by atoms with Crippen molar-refractivity contribution < 1.29 is 24.2 Å². The summed E-state index contributed by atoms with van der Waals surface area (Å²) in [6.07, 6.45) is 1.99. The van der Waals surface area contributed by atoms with Crippen LogP contribution in [0.2, 0.25) is 0 Å². The van der Waals surface area contributed by atoms with Crippen LogP contribution >= 0.6 is 11.8 Å². The topological polar surface area (TPSA) is 109 Å². The van der Waals surface area contributed by atoms with E-state index in [0.717, 1.165) is 11.8 Å². The highest BCUT2D eigenvalue weighted by atomic mass is 32.2. The first-order valence-corrected chi connectivity index (χ1v) is 7.74. The van der Waals surface area contributed by atoms with E-state index >= 15 is 0 Å². The second-order valence-corrected chi connectivity index (χ2v) is 5.36. The molecule has 0 atom stereocenters. The molecule has 0 aliphatic heterocycles. The van der Waals surface area contributed by atoms with Gasteiger partial charge in [0.2, 0.25) is 5.89 Å². The molecule has 8 heteroatoms. The van der Waals surface area contributed by atoms with Crippen molar-refractivity contribution in [2.45, 2.75) is 25.5 Å². The number of carboxylic acids is 1. The van der Waals surface area contributed by atoms with Crippen molar-refractivity contribution in [1.82, 2.24) is 10.2 Å². The molecule has 0 aliphatic carbocycles. The first-order valence-electron chi connectivity index (χ1n) is 6.92. The number of thioether (sulfide) groups is 1. The number of ether oxygens (including phenoxy) is 1. The average molecular weight is 335 g/mol. The first-order chi connectivity index (χ1) is 11.0. The summed E-state index contributed by atoms with van der Waals surface area (Å²) in [5.41, 5.74) is 0.535. The van der Waals surface area contributed by atoms with Crippen LogP contribution < -0.4 is 9.84 Å². The first kappa shape index (κ1) is 16.9. The minimum Gasteiger partial charge on any atom is -0.870 e. The highest BCUT2D eigenvalue weighted by Gasteiger charge is 2.15. The maximum Gasteiger partial charge on any atom is 0.342 e. The second kappa shape index (κ2) is 7.68. The van der Waals surface area contributed by atoms with E-state index in [-0.39, 0.29) is 21.6 Å². The quantitative estimate of drug-likeness (QED) is 0.606. The molecule has 0 saturated heterocycles. The van der Waals surface area contributed by atoms with Crippen LogP contribution in [0.4, 0.5) is 0 Å². The Kier molecular flexibility index (Phi) is 5.64. The van der Waals surface area contributed by atoms with Crippen molar-refractivity contribution in [3.63, 3.8) is 0 Å². The van der Waals surface area contributed by atoms with Crippen LogP contribution in [0.3, 0.4) is 0 Å². The van der Waals surface area contributed by atoms with Gasteiger partial charge in [0.25, 0.3) is 5.22 Å². The van der Waals surface area contributed by atoms with E-state index in [2.05, 4.69) is 10.2 Å². The second-order valence-electron chi connectivity index (χ2n) is 4.37. The fourth-order valence-corrected chi connectivity index (χ4v) is 2.38. The Morgan fingerprint density at radius 1 is 1.43 bits per heavy atom. The molecular weight excluding hydrogens is 320 g/mol. The molecular formula is C15H15N2O5S-. The van der Waals surface area contributed by atoms with Crippen LogP contribution in [-0.2, 0) is 11.2 Å². The van der Waals surface area contributed by atoms with Gasteiger partial charge in [0.1, 0.15) is 10.7 Å². The molecule has 0 radical (unpaired) electrons. The summed E-state index contributed by atoms with van der Waals surface area (Å²) in [6.45, 7) is 3.97. The van der Waals surface area contributed by atoms with Crippen LogP contribution in [-0.4, -0.2) is 27.9 Å². The van der Waals surface area contributed by atoms with Gasteiger partial charge in [0.05, 0.1) is 6.61 Å². The summed E-state index contributed by atoms with van der Waals surface area (Å²) in [6, 6.07) is 4.36. The van der Waals surface area contributed by atoms with Crippen molar-refractivity contribution in [2.75, 3.05) is 6.61 Å². The fraction of sp³-hybridized carbons (Fsp3) is 0.267. The minimum atomic E-state index is -1.13. The van der Waals surface area contributed by atoms with Gasteiger partial charge in [-0.1, -0.05) is 24.8 Å². The normalized spacial score (nSPS) is 11.5. The molecule has 0 unspecified atom stereocenters. The van der Waals surface area contributed by atoms with Gasteiger partial charge in [0, 0.05) is 6.42 Å². The number of hydrogen-bond acceptors (Lipinski definition) is 7. The van der Waals surface area contributed by atoms with Crippen molar-refractivity contribution in [3.8, 4) is 11.5 Å². The monoisotopic (exact) mass is 335 g/mol. The van der Waals surface area contributed by atoms with E-state index in [1.54, 1.807) is 6.92 Å². The summed E-state index contributed by atoms with van der Waals surface area (Å²) in [7, 11) is 0. The third kappa shape index (κ3) is 4.49. The van der Waals surface area contributed by atoms with E-state index < -0.39 is 5.97 Å². The fourth-order valence-electron chi connectivity index (χ4n) is 1.69. The Labute approximate surface area is 137 Å². The smallest absolute Gasteiger partial charge is 0.342 e. The van der Waals surface area contributed by atoms with Crippen LogP contribution in [0.5, 0.6) is 11.5 Å². The molecule has 7 nitrogen and oxygen atoms in total. The summed E-state index contributed by atoms with van der Waals surface area (Å²) in [5, 5.41) is 28.6. The maximum absolute atomic E-state index is 11.6. The van der Waals surface area contributed by atoms with Crippen molar-refractivity contribution >= 4 is 23.8 Å². The van der Waals surface area contributed by atoms with Crippen molar-refractivity contribution in [1.29, 1.82) is 0 Å². The zero-order valence-electron chi connectivity index (χ0n) is 12.6. The number of nitrogens with zero attached hydrogens (tertiary/aromatic N) is 2.